The maximum atomic E-state index is 14.5. The van der Waals surface area contributed by atoms with Crippen LogP contribution in [-0.2, 0) is 30.5 Å². The van der Waals surface area contributed by atoms with Crippen molar-refractivity contribution in [1.29, 1.82) is 0 Å². The maximum Gasteiger partial charge on any atom is 0.212 e. The van der Waals surface area contributed by atoms with Crippen molar-refractivity contribution in [3.63, 3.8) is 0 Å². The summed E-state index contributed by atoms with van der Waals surface area (Å²) in [6, 6.07) is 0. The molecule has 1 aromatic rings. The summed E-state index contributed by atoms with van der Waals surface area (Å²) in [5, 5.41) is 42.1. The number of carbonyl (C=O) groups is 1. The van der Waals surface area contributed by atoms with Gasteiger partial charge >= 0.3 is 0 Å². The normalized spacial score (nSPS) is 37.8. The Hall–Kier alpha value is -1.73. The lowest BCUT2D eigenvalue weighted by atomic mass is 9.60. The zero-order valence-corrected chi connectivity index (χ0v) is 22.1. The fourth-order valence-corrected chi connectivity index (χ4v) is 8.58. The molecule has 2 fully saturated rings. The van der Waals surface area contributed by atoms with Crippen LogP contribution in [0.1, 0.15) is 80.7 Å². The van der Waals surface area contributed by atoms with Gasteiger partial charge in [-0.2, -0.15) is 0 Å². The molecule has 2 spiro atoms. The van der Waals surface area contributed by atoms with E-state index in [1.54, 1.807) is 0 Å². The molecule has 36 heavy (non-hydrogen) atoms. The van der Waals surface area contributed by atoms with E-state index in [1.165, 1.54) is 11.1 Å². The summed E-state index contributed by atoms with van der Waals surface area (Å²) < 4.78 is 7.05. The van der Waals surface area contributed by atoms with E-state index in [0.29, 0.717) is 32.1 Å². The molecule has 6 heteroatoms. The average Bonchev–Trinajstić information content (AvgIpc) is 3.52. The van der Waals surface area contributed by atoms with Crippen LogP contribution in [0.3, 0.4) is 0 Å². The lowest BCUT2D eigenvalue weighted by Crippen LogP contribution is -2.65. The van der Waals surface area contributed by atoms with Crippen LogP contribution in [0.5, 0.6) is 5.75 Å². The van der Waals surface area contributed by atoms with Crippen LogP contribution in [0.2, 0.25) is 0 Å². The minimum Gasteiger partial charge on any atom is -0.478 e. The topological polar surface area (TPSA) is 107 Å². The fourth-order valence-electron chi connectivity index (χ4n) is 8.58. The molecule has 0 amide bonds. The van der Waals surface area contributed by atoms with Gasteiger partial charge in [0.15, 0.2) is 5.60 Å². The van der Waals surface area contributed by atoms with Gasteiger partial charge in [-0.15, -0.1) is 0 Å². The van der Waals surface area contributed by atoms with E-state index in [-0.39, 0.29) is 37.4 Å². The summed E-state index contributed by atoms with van der Waals surface area (Å²) in [6.45, 7) is 8.27. The lowest BCUT2D eigenvalue weighted by Gasteiger charge is -2.51. The second-order valence-electron chi connectivity index (χ2n) is 13.3. The van der Waals surface area contributed by atoms with Crippen molar-refractivity contribution in [3.8, 4) is 5.75 Å². The van der Waals surface area contributed by atoms with Gasteiger partial charge < -0.3 is 25.2 Å². The van der Waals surface area contributed by atoms with Crippen LogP contribution in [0.15, 0.2) is 11.1 Å². The highest BCUT2D eigenvalue weighted by molar-refractivity contribution is 6.02. The number of aliphatic hydroxyl groups excluding tert-OH is 3. The third-order valence-electron chi connectivity index (χ3n) is 10.7. The number of carbonyl (C=O) groups excluding carboxylic acids is 1. The Kier molecular flexibility index (Phi) is 5.08. The number of hydrogen-bond donors (Lipinski definition) is 4. The Bertz CT molecular complexity index is 1210. The molecular weight excluding hydrogens is 456 g/mol. The summed E-state index contributed by atoms with van der Waals surface area (Å²) in [7, 11) is 0. The minimum absolute atomic E-state index is 0.0437. The number of aliphatic hydroxyl groups is 4. The molecule has 4 N–H and O–H groups in total. The molecule has 0 aromatic heterocycles. The SMILES string of the molecule is CC1=C2C[C@@](C)(CO)C[C@]2(O)C(=O)[C@@]2(CCc3c(CCO)c(C)c4c(c3O2)C[C@](C)(CO)C4)C12CC2. The monoisotopic (exact) mass is 496 g/mol. The zero-order valence-electron chi connectivity index (χ0n) is 22.1. The van der Waals surface area contributed by atoms with Crippen LogP contribution >= 0.6 is 0 Å². The van der Waals surface area contributed by atoms with Crippen LogP contribution in [0.4, 0.5) is 0 Å². The standard InChI is InChI=1S/C30H40O6/c1-17-19(6-10-31)20-5-7-30(36-24(20)22-12-26(3,15-32)11-21(17)22)25(34)29(35)14-27(4,16-33)13-23(29)18(2)28(30)8-9-28/h31-33,35H,5-16H2,1-4H3/t26-,27-,29-,30+/m1/s1. The van der Waals surface area contributed by atoms with Crippen molar-refractivity contribution < 1.29 is 30.0 Å². The molecule has 1 aliphatic heterocycles. The number of fused-ring (bicyclic) bond motifs is 5. The molecule has 6 rings (SSSR count). The number of hydrogen-bond acceptors (Lipinski definition) is 6. The average molecular weight is 497 g/mol. The molecule has 196 valence electrons. The fraction of sp³-hybridized carbons (Fsp3) is 0.700. The first kappa shape index (κ1) is 24.6. The zero-order chi connectivity index (χ0) is 25.9. The maximum absolute atomic E-state index is 14.5. The van der Waals surface area contributed by atoms with Gasteiger partial charge in [-0.25, -0.2) is 0 Å². The van der Waals surface area contributed by atoms with Gasteiger partial charge in [0, 0.05) is 25.2 Å². The van der Waals surface area contributed by atoms with Crippen molar-refractivity contribution in [3.05, 3.63) is 39.0 Å². The molecule has 4 atom stereocenters. The second kappa shape index (κ2) is 7.43. The van der Waals surface area contributed by atoms with Crippen molar-refractivity contribution >= 4 is 5.78 Å². The molecular formula is C30H40O6. The van der Waals surface area contributed by atoms with E-state index in [0.717, 1.165) is 52.8 Å². The Morgan fingerprint density at radius 3 is 2.17 bits per heavy atom. The Morgan fingerprint density at radius 2 is 1.56 bits per heavy atom. The number of Topliss-reactive ketones (excluding diaryl/α,β-unsaturated/α-hetero) is 1. The molecule has 0 radical (unpaired) electrons. The third kappa shape index (κ3) is 2.85. The molecule has 4 aliphatic carbocycles. The van der Waals surface area contributed by atoms with Crippen LogP contribution in [-0.4, -0.2) is 57.2 Å². The number of ketones is 1. The van der Waals surface area contributed by atoms with Gasteiger partial charge in [0.25, 0.3) is 0 Å². The summed E-state index contributed by atoms with van der Waals surface area (Å²) in [4.78, 5) is 14.5. The predicted octanol–water partition coefficient (Wildman–Crippen LogP) is 2.89. The number of ether oxygens (including phenoxy) is 1. The van der Waals surface area contributed by atoms with E-state index in [4.69, 9.17) is 4.74 Å². The lowest BCUT2D eigenvalue weighted by molar-refractivity contribution is -0.162. The van der Waals surface area contributed by atoms with Gasteiger partial charge in [-0.1, -0.05) is 19.4 Å². The van der Waals surface area contributed by atoms with Crippen LogP contribution < -0.4 is 4.74 Å². The highest BCUT2D eigenvalue weighted by Gasteiger charge is 2.75. The molecule has 0 bridgehead atoms. The van der Waals surface area contributed by atoms with Gasteiger partial charge in [-0.05, 0) is 116 Å². The van der Waals surface area contributed by atoms with Crippen molar-refractivity contribution in [2.24, 2.45) is 16.2 Å². The Balaban J connectivity index is 1.53. The molecule has 6 nitrogen and oxygen atoms in total. The highest BCUT2D eigenvalue weighted by Crippen LogP contribution is 2.70. The van der Waals surface area contributed by atoms with Gasteiger partial charge in [0.1, 0.15) is 11.4 Å². The number of rotatable bonds is 4. The summed E-state index contributed by atoms with van der Waals surface area (Å²) in [6.07, 6.45) is 5.63. The van der Waals surface area contributed by atoms with Gasteiger partial charge in [0.2, 0.25) is 5.78 Å². The van der Waals surface area contributed by atoms with Crippen molar-refractivity contribution in [2.45, 2.75) is 96.7 Å². The van der Waals surface area contributed by atoms with E-state index < -0.39 is 22.0 Å². The largest absolute Gasteiger partial charge is 0.478 e. The predicted molar refractivity (Wildman–Crippen MR) is 135 cm³/mol. The van der Waals surface area contributed by atoms with Gasteiger partial charge in [-0.3, -0.25) is 4.79 Å². The highest BCUT2D eigenvalue weighted by atomic mass is 16.5. The molecule has 2 saturated carbocycles. The minimum atomic E-state index is -1.60. The summed E-state index contributed by atoms with van der Waals surface area (Å²) in [5.74, 6) is 0.543. The van der Waals surface area contributed by atoms with E-state index in [9.17, 15) is 25.2 Å². The quantitative estimate of drug-likeness (QED) is 0.478. The first-order valence-electron chi connectivity index (χ1n) is 13.6. The van der Waals surface area contributed by atoms with Crippen LogP contribution in [0, 0.1) is 23.2 Å². The van der Waals surface area contributed by atoms with E-state index in [2.05, 4.69) is 20.8 Å². The molecule has 0 saturated heterocycles. The van der Waals surface area contributed by atoms with E-state index in [1.807, 2.05) is 6.92 Å². The second-order valence-corrected chi connectivity index (χ2v) is 13.3. The summed E-state index contributed by atoms with van der Waals surface area (Å²) >= 11 is 0. The Labute approximate surface area is 213 Å². The smallest absolute Gasteiger partial charge is 0.212 e. The van der Waals surface area contributed by atoms with Crippen molar-refractivity contribution in [2.75, 3.05) is 19.8 Å². The molecule has 0 unspecified atom stereocenters. The molecule has 5 aliphatic rings. The Morgan fingerprint density at radius 1 is 0.889 bits per heavy atom. The molecule has 1 heterocycles. The first-order chi connectivity index (χ1) is 16.9. The van der Waals surface area contributed by atoms with E-state index >= 15 is 0 Å². The third-order valence-corrected chi connectivity index (χ3v) is 10.7. The van der Waals surface area contributed by atoms with Crippen LogP contribution in [0.25, 0.3) is 0 Å². The van der Waals surface area contributed by atoms with Gasteiger partial charge in [0.05, 0.1) is 0 Å². The molecule has 1 aromatic carbocycles. The summed E-state index contributed by atoms with van der Waals surface area (Å²) in [5.41, 5.74) is 3.60. The number of benzene rings is 1. The van der Waals surface area contributed by atoms with Crippen molar-refractivity contribution in [1.82, 2.24) is 0 Å². The first-order valence-corrected chi connectivity index (χ1v) is 13.6.